The smallest absolute Gasteiger partial charge is 0.264 e. The van der Waals surface area contributed by atoms with Gasteiger partial charge in [-0.25, -0.2) is 8.42 Å². The van der Waals surface area contributed by atoms with Crippen molar-refractivity contribution in [2.75, 3.05) is 10.8 Å². The molecule has 4 aromatic rings. The van der Waals surface area contributed by atoms with Crippen molar-refractivity contribution in [2.45, 2.75) is 57.1 Å². The SMILES string of the molecule is CCC(C)NC(=O)C(Cc1ccccc1)N(Cc1ccc(Cl)cc1Cl)C(=O)CN(c1cc(Cl)ccc1Cl)S(=O)(=O)c1ccc(C)cc1. The third-order valence-electron chi connectivity index (χ3n) is 7.69. The molecule has 4 aromatic carbocycles. The Bertz CT molecular complexity index is 1820. The zero-order valence-corrected chi connectivity index (χ0v) is 29.9. The molecular weight excluding hydrogens is 700 g/mol. The second kappa shape index (κ2) is 16.2. The van der Waals surface area contributed by atoms with Gasteiger partial charge < -0.3 is 10.2 Å². The van der Waals surface area contributed by atoms with E-state index in [1.165, 1.54) is 35.2 Å². The van der Waals surface area contributed by atoms with E-state index < -0.39 is 34.4 Å². The first-order valence-corrected chi connectivity index (χ1v) is 17.9. The number of anilines is 1. The van der Waals surface area contributed by atoms with Gasteiger partial charge in [-0.2, -0.15) is 0 Å². The minimum absolute atomic E-state index is 0.0150. The molecular formula is C35H35Cl4N3O4S. The van der Waals surface area contributed by atoms with E-state index in [9.17, 15) is 18.0 Å². The van der Waals surface area contributed by atoms with Gasteiger partial charge in [0.05, 0.1) is 15.6 Å². The van der Waals surface area contributed by atoms with Crippen molar-refractivity contribution in [2.24, 2.45) is 0 Å². The van der Waals surface area contributed by atoms with Crippen molar-refractivity contribution < 1.29 is 18.0 Å². The maximum absolute atomic E-state index is 14.6. The van der Waals surface area contributed by atoms with Gasteiger partial charge in [-0.05, 0) is 73.9 Å². The Morgan fingerprint density at radius 3 is 2.11 bits per heavy atom. The fourth-order valence-corrected chi connectivity index (χ4v) is 7.19. The quantitative estimate of drug-likeness (QED) is 0.150. The van der Waals surface area contributed by atoms with Crippen LogP contribution in [-0.4, -0.2) is 43.8 Å². The number of rotatable bonds is 13. The summed E-state index contributed by atoms with van der Waals surface area (Å²) in [6, 6.07) is 23.5. The first kappa shape index (κ1) is 36.6. The summed E-state index contributed by atoms with van der Waals surface area (Å²) in [6.45, 7) is 4.85. The van der Waals surface area contributed by atoms with Crippen LogP contribution in [0, 0.1) is 6.92 Å². The second-order valence-electron chi connectivity index (χ2n) is 11.2. The Labute approximate surface area is 296 Å². The Hall–Kier alpha value is -3.27. The average molecular weight is 736 g/mol. The lowest BCUT2D eigenvalue weighted by atomic mass is 10.0. The van der Waals surface area contributed by atoms with Gasteiger partial charge in [0.15, 0.2) is 0 Å². The Kier molecular flexibility index (Phi) is 12.6. The summed E-state index contributed by atoms with van der Waals surface area (Å²) in [6.07, 6.45) is 0.819. The Morgan fingerprint density at radius 2 is 1.47 bits per heavy atom. The number of hydrogen-bond acceptors (Lipinski definition) is 4. The van der Waals surface area contributed by atoms with Crippen molar-refractivity contribution >= 4 is 73.9 Å². The van der Waals surface area contributed by atoms with Gasteiger partial charge in [-0.15, -0.1) is 0 Å². The van der Waals surface area contributed by atoms with Crippen molar-refractivity contribution in [3.05, 3.63) is 128 Å². The van der Waals surface area contributed by atoms with Gasteiger partial charge in [-0.1, -0.05) is 107 Å². The molecule has 248 valence electrons. The third kappa shape index (κ3) is 9.42. The van der Waals surface area contributed by atoms with Crippen LogP contribution in [0.25, 0.3) is 0 Å². The molecule has 0 aliphatic rings. The van der Waals surface area contributed by atoms with Crippen LogP contribution < -0.4 is 9.62 Å². The lowest BCUT2D eigenvalue weighted by Crippen LogP contribution is -2.54. The van der Waals surface area contributed by atoms with E-state index in [0.717, 1.165) is 15.4 Å². The summed E-state index contributed by atoms with van der Waals surface area (Å²) < 4.78 is 29.4. The van der Waals surface area contributed by atoms with Gasteiger partial charge in [0.1, 0.15) is 12.6 Å². The summed E-state index contributed by atoms with van der Waals surface area (Å²) in [4.78, 5) is 29.9. The van der Waals surface area contributed by atoms with E-state index in [1.807, 2.05) is 51.1 Å². The molecule has 12 heteroatoms. The van der Waals surface area contributed by atoms with Crippen LogP contribution in [0.2, 0.25) is 20.1 Å². The summed E-state index contributed by atoms with van der Waals surface area (Å²) in [5.74, 6) is -1.06. The maximum atomic E-state index is 14.6. The van der Waals surface area contributed by atoms with Crippen LogP contribution in [-0.2, 0) is 32.6 Å². The Morgan fingerprint density at radius 1 is 0.830 bits per heavy atom. The fraction of sp³-hybridized carbons (Fsp3) is 0.257. The molecule has 7 nitrogen and oxygen atoms in total. The highest BCUT2D eigenvalue weighted by atomic mass is 35.5. The number of aryl methyl sites for hydroxylation is 1. The van der Waals surface area contributed by atoms with E-state index in [-0.39, 0.29) is 44.7 Å². The molecule has 0 radical (unpaired) electrons. The van der Waals surface area contributed by atoms with E-state index in [0.29, 0.717) is 17.0 Å². The van der Waals surface area contributed by atoms with E-state index in [2.05, 4.69) is 5.32 Å². The highest BCUT2D eigenvalue weighted by molar-refractivity contribution is 7.92. The van der Waals surface area contributed by atoms with Gasteiger partial charge in [0, 0.05) is 34.1 Å². The number of hydrogen-bond donors (Lipinski definition) is 1. The largest absolute Gasteiger partial charge is 0.352 e. The number of nitrogens with zero attached hydrogens (tertiary/aromatic N) is 2. The standard InChI is InChI=1S/C35H35Cl4N3O4S/c1-4-24(3)40-35(44)33(18-25-8-6-5-7-9-25)41(21-26-12-13-27(36)19-31(26)39)34(43)22-42(32-20-28(37)14-17-30(32)38)47(45,46)29-15-10-23(2)11-16-29/h5-17,19-20,24,33H,4,18,21-22H2,1-3H3,(H,40,44). The predicted octanol–water partition coefficient (Wildman–Crippen LogP) is 8.36. The second-order valence-corrected chi connectivity index (χ2v) is 14.8. The molecule has 2 amide bonds. The van der Waals surface area contributed by atoms with Gasteiger partial charge in [0.25, 0.3) is 10.0 Å². The number of benzene rings is 4. The van der Waals surface area contributed by atoms with Crippen LogP contribution in [0.5, 0.6) is 0 Å². The summed E-state index contributed by atoms with van der Waals surface area (Å²) >= 11 is 25.6. The topological polar surface area (TPSA) is 86.8 Å². The minimum Gasteiger partial charge on any atom is -0.352 e. The van der Waals surface area contributed by atoms with E-state index >= 15 is 0 Å². The van der Waals surface area contributed by atoms with Crippen LogP contribution in [0.15, 0.2) is 95.9 Å². The molecule has 0 aliphatic heterocycles. The highest BCUT2D eigenvalue weighted by Crippen LogP contribution is 2.34. The molecule has 47 heavy (non-hydrogen) atoms. The lowest BCUT2D eigenvalue weighted by molar-refractivity contribution is -0.140. The summed E-state index contributed by atoms with van der Waals surface area (Å²) in [5, 5.41) is 3.98. The predicted molar refractivity (Wildman–Crippen MR) is 191 cm³/mol. The molecule has 0 fully saturated rings. The van der Waals surface area contributed by atoms with Gasteiger partial charge >= 0.3 is 0 Å². The summed E-state index contributed by atoms with van der Waals surface area (Å²) in [7, 11) is -4.35. The molecule has 0 aliphatic carbocycles. The van der Waals surface area contributed by atoms with Crippen LogP contribution in [0.1, 0.15) is 37.0 Å². The third-order valence-corrected chi connectivity index (χ3v) is 10.6. The average Bonchev–Trinajstić information content (AvgIpc) is 3.04. The zero-order valence-electron chi connectivity index (χ0n) is 26.1. The first-order valence-electron chi connectivity index (χ1n) is 14.9. The molecule has 0 saturated heterocycles. The van der Waals surface area contributed by atoms with Crippen molar-refractivity contribution in [3.8, 4) is 0 Å². The van der Waals surface area contributed by atoms with Gasteiger partial charge in [0.2, 0.25) is 11.8 Å². The number of halogens is 4. The first-order chi connectivity index (χ1) is 22.3. The van der Waals surface area contributed by atoms with Crippen LogP contribution in [0.4, 0.5) is 5.69 Å². The normalized spacial score (nSPS) is 12.7. The molecule has 1 N–H and O–H groups in total. The van der Waals surface area contributed by atoms with Crippen molar-refractivity contribution in [3.63, 3.8) is 0 Å². The van der Waals surface area contributed by atoms with Crippen LogP contribution >= 0.6 is 46.4 Å². The van der Waals surface area contributed by atoms with Gasteiger partial charge in [-0.3, -0.25) is 13.9 Å². The Balaban J connectivity index is 1.86. The van der Waals surface area contributed by atoms with E-state index in [4.69, 9.17) is 46.4 Å². The zero-order chi connectivity index (χ0) is 34.3. The monoisotopic (exact) mass is 733 g/mol. The number of carbonyl (C=O) groups excluding carboxylic acids is 2. The molecule has 0 saturated carbocycles. The van der Waals surface area contributed by atoms with Crippen molar-refractivity contribution in [1.82, 2.24) is 10.2 Å². The van der Waals surface area contributed by atoms with Crippen molar-refractivity contribution in [1.29, 1.82) is 0 Å². The molecule has 2 atom stereocenters. The molecule has 0 bridgehead atoms. The number of nitrogens with one attached hydrogen (secondary N) is 1. The molecule has 2 unspecified atom stereocenters. The molecule has 0 spiro atoms. The summed E-state index contributed by atoms with van der Waals surface area (Å²) in [5.41, 5.74) is 2.20. The molecule has 0 aromatic heterocycles. The fourth-order valence-electron chi connectivity index (χ4n) is 4.86. The number of carbonyl (C=O) groups is 2. The maximum Gasteiger partial charge on any atom is 0.264 e. The van der Waals surface area contributed by atoms with E-state index in [1.54, 1.807) is 30.3 Å². The number of amides is 2. The highest BCUT2D eigenvalue weighted by Gasteiger charge is 2.36. The molecule has 4 rings (SSSR count). The number of sulfonamides is 1. The van der Waals surface area contributed by atoms with Crippen LogP contribution in [0.3, 0.4) is 0 Å². The minimum atomic E-state index is -4.35. The lowest BCUT2D eigenvalue weighted by Gasteiger charge is -2.34. The molecule has 0 heterocycles.